The Morgan fingerprint density at radius 2 is 1.91 bits per heavy atom. The van der Waals surface area contributed by atoms with Crippen molar-refractivity contribution >= 4 is 39.1 Å². The predicted molar refractivity (Wildman–Crippen MR) is 134 cm³/mol. The van der Waals surface area contributed by atoms with Crippen LogP contribution in [0.2, 0.25) is 0 Å². The van der Waals surface area contributed by atoms with Crippen molar-refractivity contribution in [2.75, 3.05) is 30.4 Å². The smallest absolute Gasteiger partial charge is 0.316 e. The molecule has 0 bridgehead atoms. The highest BCUT2D eigenvalue weighted by molar-refractivity contribution is 6.14. The molecule has 2 aromatic heterocycles. The maximum Gasteiger partial charge on any atom is 0.316 e. The Morgan fingerprint density at radius 1 is 1.17 bits per heavy atom. The molecule has 182 valence electrons. The van der Waals surface area contributed by atoms with Crippen LogP contribution in [0, 0.1) is 12.7 Å². The molecule has 9 nitrogen and oxygen atoms in total. The van der Waals surface area contributed by atoms with E-state index in [2.05, 4.69) is 44.4 Å². The summed E-state index contributed by atoms with van der Waals surface area (Å²) in [6.45, 7) is 7.79. The number of carbonyl (C=O) groups is 1. The average Bonchev–Trinajstić information content (AvgIpc) is 3.11. The van der Waals surface area contributed by atoms with Crippen LogP contribution in [0.5, 0.6) is 6.01 Å². The third-order valence-electron chi connectivity index (χ3n) is 6.48. The fraction of sp³-hybridized carbons (Fsp3) is 0.360. The summed E-state index contributed by atoms with van der Waals surface area (Å²) in [6.07, 6.45) is 1.69. The molecule has 0 unspecified atom stereocenters. The highest BCUT2D eigenvalue weighted by Crippen LogP contribution is 2.31. The first kappa shape index (κ1) is 23.0. The number of carbonyl (C=O) groups excluding carboxylic acids is 1. The molecule has 2 N–H and O–H groups in total. The molecule has 0 saturated carbocycles. The quantitative estimate of drug-likeness (QED) is 0.465. The zero-order chi connectivity index (χ0) is 24.9. The summed E-state index contributed by atoms with van der Waals surface area (Å²) >= 11 is 0. The van der Waals surface area contributed by atoms with Gasteiger partial charge in [0.15, 0.2) is 5.82 Å². The minimum atomic E-state index is -0.493. The van der Waals surface area contributed by atoms with E-state index in [-0.39, 0.29) is 11.5 Å². The number of methoxy groups -OCH3 is 1. The van der Waals surface area contributed by atoms with Crippen molar-refractivity contribution in [1.82, 2.24) is 25.1 Å². The largest absolute Gasteiger partial charge is 0.467 e. The molecule has 1 aliphatic rings. The third kappa shape index (κ3) is 4.14. The first-order valence-corrected chi connectivity index (χ1v) is 11.5. The van der Waals surface area contributed by atoms with Crippen LogP contribution in [0.3, 0.4) is 0 Å². The van der Waals surface area contributed by atoms with Crippen LogP contribution in [0.4, 0.5) is 15.8 Å². The van der Waals surface area contributed by atoms with E-state index in [0.717, 1.165) is 29.9 Å². The fourth-order valence-electron chi connectivity index (χ4n) is 4.82. The number of ether oxygens (including phenoxy) is 1. The van der Waals surface area contributed by atoms with Crippen molar-refractivity contribution in [2.45, 2.75) is 32.9 Å². The molecule has 3 heterocycles. The number of fused-ring (bicyclic) bond motifs is 2. The number of benzene rings is 2. The lowest BCUT2D eigenvalue weighted by molar-refractivity contribution is 0.102. The van der Waals surface area contributed by atoms with E-state index >= 15 is 0 Å². The van der Waals surface area contributed by atoms with Gasteiger partial charge in [-0.2, -0.15) is 10.1 Å². The van der Waals surface area contributed by atoms with E-state index < -0.39 is 11.7 Å². The van der Waals surface area contributed by atoms with Crippen molar-refractivity contribution in [1.29, 1.82) is 0 Å². The molecule has 2 atom stereocenters. The maximum atomic E-state index is 14.7. The standard InChI is InChI=1S/C25H28FN7O2/c1-13-11-33(12-14(2)28-13)21-7-6-17(22-19(21)10-27-25(30-22)35-5)24(34)29-16-8-18-15(3)32(4)31-23(18)20(26)9-16/h6-10,13-14,28H,11-12H2,1-5H3,(H,29,34)/t13-,14-/m0/s1. The number of aromatic nitrogens is 4. The molecule has 1 saturated heterocycles. The fourth-order valence-corrected chi connectivity index (χ4v) is 4.82. The second kappa shape index (κ2) is 8.77. The zero-order valence-corrected chi connectivity index (χ0v) is 20.4. The topological polar surface area (TPSA) is 97.2 Å². The average molecular weight is 478 g/mol. The van der Waals surface area contributed by atoms with Crippen molar-refractivity contribution in [3.8, 4) is 6.01 Å². The summed E-state index contributed by atoms with van der Waals surface area (Å²) < 4.78 is 21.5. The lowest BCUT2D eigenvalue weighted by atomic mass is 10.0. The number of halogens is 1. The van der Waals surface area contributed by atoms with Crippen molar-refractivity contribution < 1.29 is 13.9 Å². The van der Waals surface area contributed by atoms with Gasteiger partial charge in [-0.3, -0.25) is 9.48 Å². The van der Waals surface area contributed by atoms with E-state index in [1.165, 1.54) is 13.2 Å². The van der Waals surface area contributed by atoms with Gasteiger partial charge in [-0.1, -0.05) is 0 Å². The number of nitrogens with one attached hydrogen (secondary N) is 2. The van der Waals surface area contributed by atoms with Crippen molar-refractivity contribution in [2.24, 2.45) is 7.05 Å². The molecule has 2 aromatic carbocycles. The van der Waals surface area contributed by atoms with Crippen LogP contribution >= 0.6 is 0 Å². The highest BCUT2D eigenvalue weighted by Gasteiger charge is 2.25. The summed E-state index contributed by atoms with van der Waals surface area (Å²) in [5.74, 6) is -0.891. The van der Waals surface area contributed by atoms with Gasteiger partial charge in [-0.25, -0.2) is 9.37 Å². The van der Waals surface area contributed by atoms with E-state index in [1.54, 1.807) is 30.1 Å². The van der Waals surface area contributed by atoms with Crippen LogP contribution in [0.15, 0.2) is 30.5 Å². The van der Waals surface area contributed by atoms with Crippen LogP contribution in [-0.4, -0.2) is 57.9 Å². The van der Waals surface area contributed by atoms with Crippen LogP contribution in [0.1, 0.15) is 29.9 Å². The zero-order valence-electron chi connectivity index (χ0n) is 20.4. The number of aryl methyl sites for hydroxylation is 2. The molecule has 0 radical (unpaired) electrons. The van der Waals surface area contributed by atoms with Gasteiger partial charge in [0, 0.05) is 66.3 Å². The highest BCUT2D eigenvalue weighted by atomic mass is 19.1. The monoisotopic (exact) mass is 477 g/mol. The molecule has 4 aromatic rings. The summed E-state index contributed by atoms with van der Waals surface area (Å²) in [7, 11) is 3.24. The first-order chi connectivity index (χ1) is 16.7. The van der Waals surface area contributed by atoms with Crippen LogP contribution in [0.25, 0.3) is 21.8 Å². The Bertz CT molecular complexity index is 1440. The first-order valence-electron chi connectivity index (χ1n) is 11.5. The molecule has 35 heavy (non-hydrogen) atoms. The van der Waals surface area contributed by atoms with Gasteiger partial charge in [0.1, 0.15) is 5.52 Å². The Kier molecular flexibility index (Phi) is 5.76. The van der Waals surface area contributed by atoms with Crippen LogP contribution < -0.4 is 20.3 Å². The molecule has 5 rings (SSSR count). The lowest BCUT2D eigenvalue weighted by Crippen LogP contribution is -2.54. The molecule has 0 spiro atoms. The van der Waals surface area contributed by atoms with Gasteiger partial charge in [0.2, 0.25) is 0 Å². The van der Waals surface area contributed by atoms with E-state index in [4.69, 9.17) is 4.74 Å². The van der Waals surface area contributed by atoms with Gasteiger partial charge in [-0.15, -0.1) is 0 Å². The van der Waals surface area contributed by atoms with E-state index in [9.17, 15) is 9.18 Å². The Balaban J connectivity index is 1.55. The minimum Gasteiger partial charge on any atom is -0.467 e. The summed E-state index contributed by atoms with van der Waals surface area (Å²) in [5.41, 5.74) is 3.21. The van der Waals surface area contributed by atoms with Gasteiger partial charge >= 0.3 is 6.01 Å². The Morgan fingerprint density at radius 3 is 2.63 bits per heavy atom. The Labute approximate surface area is 202 Å². The number of amides is 1. The van der Waals surface area contributed by atoms with Crippen LogP contribution in [-0.2, 0) is 7.05 Å². The number of hydrogen-bond acceptors (Lipinski definition) is 7. The van der Waals surface area contributed by atoms with Gasteiger partial charge in [-0.05, 0) is 45.0 Å². The minimum absolute atomic E-state index is 0.171. The summed E-state index contributed by atoms with van der Waals surface area (Å²) in [5, 5.41) is 12.0. The molecular weight excluding hydrogens is 449 g/mol. The Hall–Kier alpha value is -3.79. The third-order valence-corrected chi connectivity index (χ3v) is 6.48. The summed E-state index contributed by atoms with van der Waals surface area (Å²) in [6, 6.07) is 7.49. The normalized spacial score (nSPS) is 18.3. The SMILES string of the molecule is COc1ncc2c(N3C[C@H](C)N[C@@H](C)C3)ccc(C(=O)Nc3cc(F)c4nn(C)c(C)c4c3)c2n1. The van der Waals surface area contributed by atoms with E-state index in [1.807, 2.05) is 13.0 Å². The summed E-state index contributed by atoms with van der Waals surface area (Å²) in [4.78, 5) is 24.5. The second-order valence-electron chi connectivity index (χ2n) is 9.14. The number of anilines is 2. The number of piperazine rings is 1. The number of hydrogen-bond donors (Lipinski definition) is 2. The number of rotatable bonds is 4. The van der Waals surface area contributed by atoms with Gasteiger partial charge in [0.25, 0.3) is 5.91 Å². The molecule has 0 aliphatic carbocycles. The second-order valence-corrected chi connectivity index (χ2v) is 9.14. The van der Waals surface area contributed by atoms with E-state index in [0.29, 0.717) is 34.2 Å². The maximum absolute atomic E-state index is 14.7. The van der Waals surface area contributed by atoms with Gasteiger partial charge < -0.3 is 20.3 Å². The van der Waals surface area contributed by atoms with Crippen molar-refractivity contribution in [3.63, 3.8) is 0 Å². The molecule has 1 aliphatic heterocycles. The predicted octanol–water partition coefficient (Wildman–Crippen LogP) is 3.41. The molecule has 1 amide bonds. The lowest BCUT2D eigenvalue weighted by Gasteiger charge is -2.38. The number of nitrogens with zero attached hydrogens (tertiary/aromatic N) is 5. The van der Waals surface area contributed by atoms with Crippen molar-refractivity contribution in [3.05, 3.63) is 47.5 Å². The molecular formula is C25H28FN7O2. The molecule has 1 fully saturated rings. The molecule has 10 heteroatoms. The van der Waals surface area contributed by atoms with Gasteiger partial charge in [0.05, 0.1) is 18.2 Å².